The Morgan fingerprint density at radius 3 is 2.94 bits per heavy atom. The van der Waals surface area contributed by atoms with Crippen LogP contribution in [0.5, 0.6) is 5.75 Å². The molecule has 6 nitrogen and oxygen atoms in total. The molecule has 0 aliphatic rings. The van der Waals surface area contributed by atoms with Crippen LogP contribution >= 0.6 is 0 Å². The van der Waals surface area contributed by atoms with Crippen molar-refractivity contribution < 1.29 is 13.9 Å². The van der Waals surface area contributed by atoms with E-state index in [1.54, 1.807) is 0 Å². The van der Waals surface area contributed by atoms with Crippen LogP contribution in [0.15, 0.2) is 24.4 Å². The number of carbonyl (C=O) groups excluding carboxylic acids is 1. The van der Waals surface area contributed by atoms with Gasteiger partial charge in [0.2, 0.25) is 0 Å². The molecule has 0 spiro atoms. The lowest BCUT2D eigenvalue weighted by Gasteiger charge is -2.07. The number of nitrogens with one attached hydrogen (secondary N) is 2. The van der Waals surface area contributed by atoms with E-state index >= 15 is 0 Å². The number of amides is 1. The van der Waals surface area contributed by atoms with Gasteiger partial charge in [-0.05, 0) is 12.1 Å². The molecule has 0 fully saturated rings. The summed E-state index contributed by atoms with van der Waals surface area (Å²) in [6, 6.07) is 4.03. The molecule has 0 radical (unpaired) electrons. The van der Waals surface area contributed by atoms with Gasteiger partial charge in [-0.2, -0.15) is 5.10 Å². The molecular weight excluding hydrogens is 239 g/mol. The maximum absolute atomic E-state index is 13.5. The van der Waals surface area contributed by atoms with Crippen LogP contribution in [-0.2, 0) is 0 Å². The number of anilines is 2. The van der Waals surface area contributed by atoms with Crippen molar-refractivity contribution >= 4 is 17.3 Å². The lowest BCUT2D eigenvalue weighted by atomic mass is 10.2. The van der Waals surface area contributed by atoms with Crippen molar-refractivity contribution in [3.05, 3.63) is 35.9 Å². The van der Waals surface area contributed by atoms with Crippen LogP contribution in [0.2, 0.25) is 0 Å². The number of hydrogen-bond donors (Lipinski definition) is 3. The first kappa shape index (κ1) is 11.9. The molecule has 18 heavy (non-hydrogen) atoms. The van der Waals surface area contributed by atoms with Gasteiger partial charge in [-0.15, -0.1) is 0 Å². The average Bonchev–Trinajstić information content (AvgIpc) is 2.78. The molecule has 1 aromatic carbocycles. The quantitative estimate of drug-likeness (QED) is 0.767. The summed E-state index contributed by atoms with van der Waals surface area (Å²) in [6.07, 6.45) is 1.30. The summed E-state index contributed by atoms with van der Waals surface area (Å²) in [4.78, 5) is 11.8. The van der Waals surface area contributed by atoms with Gasteiger partial charge in [-0.1, -0.05) is 0 Å². The SMILES string of the molecule is COc1ccc(F)c(NC(=O)c2[nH]ncc2N)c1. The van der Waals surface area contributed by atoms with Gasteiger partial charge in [-0.3, -0.25) is 9.89 Å². The molecule has 94 valence electrons. The number of methoxy groups -OCH3 is 1. The van der Waals surface area contributed by atoms with Crippen molar-refractivity contribution in [2.45, 2.75) is 0 Å². The number of H-pyrrole nitrogens is 1. The summed E-state index contributed by atoms with van der Waals surface area (Å²) in [6.45, 7) is 0. The summed E-state index contributed by atoms with van der Waals surface area (Å²) in [5.41, 5.74) is 5.80. The second-order valence-corrected chi connectivity index (χ2v) is 3.50. The van der Waals surface area contributed by atoms with Gasteiger partial charge < -0.3 is 15.8 Å². The van der Waals surface area contributed by atoms with E-state index in [1.165, 1.54) is 31.5 Å². The van der Waals surface area contributed by atoms with E-state index in [4.69, 9.17) is 10.5 Å². The minimum absolute atomic E-state index is 0.00773. The van der Waals surface area contributed by atoms with E-state index in [1.807, 2.05) is 0 Å². The molecule has 0 aliphatic heterocycles. The molecule has 2 aromatic rings. The zero-order valence-electron chi connectivity index (χ0n) is 9.53. The average molecular weight is 250 g/mol. The number of nitrogens with zero attached hydrogens (tertiary/aromatic N) is 1. The number of rotatable bonds is 3. The number of carbonyl (C=O) groups is 1. The third kappa shape index (κ3) is 2.24. The number of aromatic nitrogens is 2. The van der Waals surface area contributed by atoms with Crippen LogP contribution in [-0.4, -0.2) is 23.2 Å². The van der Waals surface area contributed by atoms with E-state index in [0.717, 1.165) is 0 Å². The second-order valence-electron chi connectivity index (χ2n) is 3.50. The number of nitrogen functional groups attached to an aromatic ring is 1. The largest absolute Gasteiger partial charge is 0.497 e. The topological polar surface area (TPSA) is 93.0 Å². The van der Waals surface area contributed by atoms with Gasteiger partial charge in [0.1, 0.15) is 17.3 Å². The number of ether oxygens (including phenoxy) is 1. The molecular formula is C11H11FN4O2. The van der Waals surface area contributed by atoms with Crippen LogP contribution in [0.3, 0.4) is 0 Å². The summed E-state index contributed by atoms with van der Waals surface area (Å²) in [7, 11) is 1.45. The van der Waals surface area contributed by atoms with Crippen molar-refractivity contribution in [1.29, 1.82) is 0 Å². The lowest BCUT2D eigenvalue weighted by molar-refractivity contribution is 0.102. The highest BCUT2D eigenvalue weighted by Crippen LogP contribution is 2.22. The van der Waals surface area contributed by atoms with Crippen molar-refractivity contribution in [3.63, 3.8) is 0 Å². The minimum Gasteiger partial charge on any atom is -0.497 e. The molecule has 0 aliphatic carbocycles. The predicted octanol–water partition coefficient (Wildman–Crippen LogP) is 1.39. The van der Waals surface area contributed by atoms with E-state index in [0.29, 0.717) is 5.75 Å². The van der Waals surface area contributed by atoms with Crippen molar-refractivity contribution in [2.24, 2.45) is 0 Å². The Balaban J connectivity index is 2.24. The minimum atomic E-state index is -0.572. The first-order valence-electron chi connectivity index (χ1n) is 5.05. The summed E-state index contributed by atoms with van der Waals surface area (Å²) in [5.74, 6) is -0.705. The summed E-state index contributed by atoms with van der Waals surface area (Å²) >= 11 is 0. The zero-order chi connectivity index (χ0) is 13.1. The maximum Gasteiger partial charge on any atom is 0.275 e. The molecule has 7 heteroatoms. The fourth-order valence-electron chi connectivity index (χ4n) is 1.39. The van der Waals surface area contributed by atoms with E-state index in [-0.39, 0.29) is 17.1 Å². The van der Waals surface area contributed by atoms with Gasteiger partial charge >= 0.3 is 0 Å². The normalized spacial score (nSPS) is 10.1. The van der Waals surface area contributed by atoms with Crippen LogP contribution < -0.4 is 15.8 Å². The number of benzene rings is 1. The number of aromatic amines is 1. The Bertz CT molecular complexity index is 582. The fourth-order valence-corrected chi connectivity index (χ4v) is 1.39. The Labute approximate surface area is 102 Å². The van der Waals surface area contributed by atoms with Crippen LogP contribution in [0.4, 0.5) is 15.8 Å². The van der Waals surface area contributed by atoms with Gasteiger partial charge in [0, 0.05) is 6.07 Å². The van der Waals surface area contributed by atoms with Crippen molar-refractivity contribution in [3.8, 4) is 5.75 Å². The molecule has 4 N–H and O–H groups in total. The second kappa shape index (κ2) is 4.74. The van der Waals surface area contributed by atoms with E-state index in [9.17, 15) is 9.18 Å². The molecule has 2 rings (SSSR count). The molecule has 1 amide bonds. The molecule has 1 aromatic heterocycles. The maximum atomic E-state index is 13.5. The monoisotopic (exact) mass is 250 g/mol. The molecule has 1 heterocycles. The first-order chi connectivity index (χ1) is 8.61. The third-order valence-corrected chi connectivity index (χ3v) is 2.32. The predicted molar refractivity (Wildman–Crippen MR) is 63.9 cm³/mol. The Morgan fingerprint density at radius 2 is 2.33 bits per heavy atom. The van der Waals surface area contributed by atoms with Crippen molar-refractivity contribution in [2.75, 3.05) is 18.2 Å². The summed E-state index contributed by atoms with van der Waals surface area (Å²) < 4.78 is 18.4. The number of halogens is 1. The van der Waals surface area contributed by atoms with E-state index < -0.39 is 11.7 Å². The highest BCUT2D eigenvalue weighted by Gasteiger charge is 2.14. The zero-order valence-corrected chi connectivity index (χ0v) is 9.53. The first-order valence-corrected chi connectivity index (χ1v) is 5.05. The number of hydrogen-bond acceptors (Lipinski definition) is 4. The van der Waals surface area contributed by atoms with Gasteiger partial charge in [0.25, 0.3) is 5.91 Å². The Kier molecular flexibility index (Phi) is 3.13. The molecule has 0 saturated carbocycles. The Morgan fingerprint density at radius 1 is 1.56 bits per heavy atom. The summed E-state index contributed by atoms with van der Waals surface area (Å²) in [5, 5.41) is 8.43. The smallest absolute Gasteiger partial charge is 0.275 e. The highest BCUT2D eigenvalue weighted by molar-refractivity contribution is 6.06. The van der Waals surface area contributed by atoms with Crippen LogP contribution in [0, 0.1) is 5.82 Å². The molecule has 0 atom stereocenters. The van der Waals surface area contributed by atoms with Crippen molar-refractivity contribution in [1.82, 2.24) is 10.2 Å². The highest BCUT2D eigenvalue weighted by atomic mass is 19.1. The molecule has 0 bridgehead atoms. The Hall–Kier alpha value is -2.57. The lowest BCUT2D eigenvalue weighted by Crippen LogP contribution is -2.15. The van der Waals surface area contributed by atoms with E-state index in [2.05, 4.69) is 15.5 Å². The fraction of sp³-hybridized carbons (Fsp3) is 0.0909. The van der Waals surface area contributed by atoms with Gasteiger partial charge in [0.15, 0.2) is 0 Å². The van der Waals surface area contributed by atoms with Gasteiger partial charge in [-0.25, -0.2) is 4.39 Å². The molecule has 0 saturated heterocycles. The standard InChI is InChI=1S/C11H11FN4O2/c1-18-6-2-3-7(12)9(4-6)15-11(17)10-8(13)5-14-16-10/h2-5H,13H2,1H3,(H,14,16)(H,15,17). The molecule has 0 unspecified atom stereocenters. The van der Waals surface area contributed by atoms with Gasteiger partial charge in [0.05, 0.1) is 24.7 Å². The van der Waals surface area contributed by atoms with Crippen LogP contribution in [0.25, 0.3) is 0 Å². The third-order valence-electron chi connectivity index (χ3n) is 2.32. The number of nitrogens with two attached hydrogens (primary N) is 1. The van der Waals surface area contributed by atoms with Crippen LogP contribution in [0.1, 0.15) is 10.5 Å².